The SMILES string of the molecule is CCC(C)C(C(CC=O)OC)N(C)C(=O)CNC(=O)C(C)(C)NC(=O)CCCCCN1C(=O)C=CC1=O. The summed E-state index contributed by atoms with van der Waals surface area (Å²) in [5.41, 5.74) is -1.24. The Hall–Kier alpha value is -3.08. The van der Waals surface area contributed by atoms with Crippen molar-refractivity contribution in [3.8, 4) is 0 Å². The van der Waals surface area contributed by atoms with Crippen LogP contribution in [0.15, 0.2) is 12.2 Å². The number of hydrogen-bond acceptors (Lipinski definition) is 7. The van der Waals surface area contributed by atoms with E-state index in [0.717, 1.165) is 17.6 Å². The van der Waals surface area contributed by atoms with Gasteiger partial charge < -0.3 is 25.1 Å². The molecule has 0 aromatic carbocycles. The molecule has 0 aromatic heterocycles. The fourth-order valence-corrected chi connectivity index (χ4v) is 4.23. The van der Waals surface area contributed by atoms with Crippen molar-refractivity contribution >= 4 is 35.8 Å². The molecule has 1 aliphatic rings. The molecule has 11 nitrogen and oxygen atoms in total. The first-order valence-electron chi connectivity index (χ1n) is 12.7. The maximum Gasteiger partial charge on any atom is 0.253 e. The lowest BCUT2D eigenvalue weighted by Crippen LogP contribution is -2.57. The van der Waals surface area contributed by atoms with Crippen molar-refractivity contribution in [2.45, 2.75) is 83.9 Å². The van der Waals surface area contributed by atoms with E-state index in [9.17, 15) is 28.8 Å². The van der Waals surface area contributed by atoms with Gasteiger partial charge in [0.2, 0.25) is 17.7 Å². The molecule has 0 aliphatic carbocycles. The first-order valence-corrected chi connectivity index (χ1v) is 12.7. The minimum absolute atomic E-state index is 0.0678. The largest absolute Gasteiger partial charge is 0.379 e. The van der Waals surface area contributed by atoms with E-state index in [-0.39, 0.29) is 55.0 Å². The fraction of sp³-hybridized carbons (Fsp3) is 0.692. The van der Waals surface area contributed by atoms with Crippen LogP contribution in [0.4, 0.5) is 0 Å². The first kappa shape index (κ1) is 31.9. The van der Waals surface area contributed by atoms with Crippen LogP contribution in [-0.2, 0) is 33.5 Å². The van der Waals surface area contributed by atoms with E-state index in [4.69, 9.17) is 4.74 Å². The molecule has 0 radical (unpaired) electrons. The number of aldehydes is 1. The van der Waals surface area contributed by atoms with Crippen LogP contribution < -0.4 is 10.6 Å². The van der Waals surface area contributed by atoms with Crippen LogP contribution in [0.5, 0.6) is 0 Å². The fourth-order valence-electron chi connectivity index (χ4n) is 4.23. The van der Waals surface area contributed by atoms with Gasteiger partial charge in [-0.2, -0.15) is 0 Å². The van der Waals surface area contributed by atoms with Gasteiger partial charge in [-0.15, -0.1) is 0 Å². The molecule has 0 bridgehead atoms. The molecule has 1 heterocycles. The number of imide groups is 1. The molecule has 0 aromatic rings. The highest BCUT2D eigenvalue weighted by molar-refractivity contribution is 6.12. The average molecular weight is 523 g/mol. The monoisotopic (exact) mass is 522 g/mol. The van der Waals surface area contributed by atoms with E-state index >= 15 is 0 Å². The van der Waals surface area contributed by atoms with Crippen LogP contribution in [0.2, 0.25) is 0 Å². The number of hydrogen-bond donors (Lipinski definition) is 2. The van der Waals surface area contributed by atoms with Gasteiger partial charge in [-0.1, -0.05) is 26.7 Å². The molecule has 3 unspecified atom stereocenters. The Labute approximate surface area is 219 Å². The second-order valence-corrected chi connectivity index (χ2v) is 9.89. The highest BCUT2D eigenvalue weighted by Crippen LogP contribution is 2.21. The molecule has 0 saturated heterocycles. The topological polar surface area (TPSA) is 142 Å². The third-order valence-corrected chi connectivity index (χ3v) is 6.69. The van der Waals surface area contributed by atoms with Gasteiger partial charge in [-0.05, 0) is 32.6 Å². The van der Waals surface area contributed by atoms with Gasteiger partial charge in [0.15, 0.2) is 0 Å². The highest BCUT2D eigenvalue weighted by atomic mass is 16.5. The zero-order valence-corrected chi connectivity index (χ0v) is 22.9. The predicted molar refractivity (Wildman–Crippen MR) is 137 cm³/mol. The van der Waals surface area contributed by atoms with Crippen molar-refractivity contribution in [3.63, 3.8) is 0 Å². The lowest BCUT2D eigenvalue weighted by Gasteiger charge is -2.37. The number of nitrogens with one attached hydrogen (secondary N) is 2. The van der Waals surface area contributed by atoms with Crippen LogP contribution in [0.25, 0.3) is 0 Å². The van der Waals surface area contributed by atoms with E-state index in [2.05, 4.69) is 10.6 Å². The maximum atomic E-state index is 12.9. The van der Waals surface area contributed by atoms with Crippen LogP contribution in [0.1, 0.15) is 66.2 Å². The molecule has 2 N–H and O–H groups in total. The molecule has 11 heteroatoms. The summed E-state index contributed by atoms with van der Waals surface area (Å²) in [7, 11) is 3.13. The second kappa shape index (κ2) is 15.2. The molecule has 37 heavy (non-hydrogen) atoms. The summed E-state index contributed by atoms with van der Waals surface area (Å²) in [4.78, 5) is 74.7. The normalized spacial score (nSPS) is 15.8. The molecule has 5 amide bonds. The summed E-state index contributed by atoms with van der Waals surface area (Å²) in [6.45, 7) is 7.12. The molecule has 0 fully saturated rings. The molecule has 208 valence electrons. The number of methoxy groups -OCH3 is 1. The third-order valence-electron chi connectivity index (χ3n) is 6.69. The van der Waals surface area contributed by atoms with E-state index < -0.39 is 17.6 Å². The Morgan fingerprint density at radius 1 is 1.14 bits per heavy atom. The summed E-state index contributed by atoms with van der Waals surface area (Å²) in [6, 6.07) is -0.338. The Morgan fingerprint density at radius 3 is 2.30 bits per heavy atom. The van der Waals surface area contributed by atoms with Gasteiger partial charge in [0.1, 0.15) is 11.8 Å². The van der Waals surface area contributed by atoms with E-state index in [1.165, 1.54) is 24.2 Å². The third kappa shape index (κ3) is 9.71. The lowest BCUT2D eigenvalue weighted by atomic mass is 9.91. The van der Waals surface area contributed by atoms with E-state index in [1.54, 1.807) is 20.9 Å². The summed E-state index contributed by atoms with van der Waals surface area (Å²) in [6.07, 6.45) is 5.66. The molecular weight excluding hydrogens is 480 g/mol. The molecule has 1 aliphatic heterocycles. The zero-order chi connectivity index (χ0) is 28.2. The van der Waals surface area contributed by atoms with Gasteiger partial charge in [0.25, 0.3) is 11.8 Å². The zero-order valence-electron chi connectivity index (χ0n) is 22.9. The number of ether oxygens (including phenoxy) is 1. The van der Waals surface area contributed by atoms with Crippen LogP contribution in [0.3, 0.4) is 0 Å². The lowest BCUT2D eigenvalue weighted by molar-refractivity contribution is -0.139. The molecule has 3 atom stereocenters. The van der Waals surface area contributed by atoms with Crippen molar-refractivity contribution in [1.82, 2.24) is 20.4 Å². The van der Waals surface area contributed by atoms with Crippen molar-refractivity contribution in [1.29, 1.82) is 0 Å². The number of nitrogens with zero attached hydrogens (tertiary/aromatic N) is 2. The summed E-state index contributed by atoms with van der Waals surface area (Å²) in [5.74, 6) is -1.73. The van der Waals surface area contributed by atoms with Crippen LogP contribution in [0, 0.1) is 5.92 Å². The van der Waals surface area contributed by atoms with Gasteiger partial charge in [0, 0.05) is 45.7 Å². The Morgan fingerprint density at radius 2 is 1.76 bits per heavy atom. The number of carbonyl (C=O) groups excluding carboxylic acids is 6. The smallest absolute Gasteiger partial charge is 0.253 e. The van der Waals surface area contributed by atoms with E-state index in [1.807, 2.05) is 13.8 Å². The minimum Gasteiger partial charge on any atom is -0.379 e. The number of amides is 5. The first-order chi connectivity index (χ1) is 17.4. The van der Waals surface area contributed by atoms with Crippen LogP contribution >= 0.6 is 0 Å². The van der Waals surface area contributed by atoms with Crippen LogP contribution in [-0.4, -0.2) is 90.6 Å². The van der Waals surface area contributed by atoms with Crippen molar-refractivity contribution < 1.29 is 33.5 Å². The predicted octanol–water partition coefficient (Wildman–Crippen LogP) is 0.960. The average Bonchev–Trinajstić information content (AvgIpc) is 3.17. The maximum absolute atomic E-state index is 12.9. The summed E-state index contributed by atoms with van der Waals surface area (Å²) >= 11 is 0. The molecule has 1 rings (SSSR count). The Balaban J connectivity index is 2.50. The molecular formula is C26H42N4O7. The standard InChI is InChI=1S/C26H42N4O7/c1-7-18(2)24(19(37-6)14-16-31)29(5)23(35)17-27-25(36)26(3,4)28-20(32)11-9-8-10-15-30-21(33)12-13-22(30)34/h12-13,16,18-19,24H,7-11,14-15,17H2,1-6H3,(H,27,36)(H,28,32). The quantitative estimate of drug-likeness (QED) is 0.165. The number of carbonyl (C=O) groups is 6. The second-order valence-electron chi connectivity index (χ2n) is 9.89. The minimum atomic E-state index is -1.24. The number of likely N-dealkylation sites (N-methyl/N-ethyl adjacent to an activating group) is 1. The summed E-state index contributed by atoms with van der Waals surface area (Å²) < 4.78 is 5.46. The Kier molecular flexibility index (Phi) is 13.2. The highest BCUT2D eigenvalue weighted by Gasteiger charge is 2.34. The molecule has 0 spiro atoms. The number of unbranched alkanes of at least 4 members (excludes halogenated alkanes) is 2. The van der Waals surface area contributed by atoms with Gasteiger partial charge in [-0.25, -0.2) is 0 Å². The van der Waals surface area contributed by atoms with Crippen molar-refractivity contribution in [2.24, 2.45) is 5.92 Å². The van der Waals surface area contributed by atoms with Gasteiger partial charge in [-0.3, -0.25) is 28.9 Å². The van der Waals surface area contributed by atoms with E-state index in [0.29, 0.717) is 25.8 Å². The van der Waals surface area contributed by atoms with Gasteiger partial charge >= 0.3 is 0 Å². The van der Waals surface area contributed by atoms with Crippen molar-refractivity contribution in [3.05, 3.63) is 12.2 Å². The van der Waals surface area contributed by atoms with Crippen molar-refractivity contribution in [2.75, 3.05) is 27.2 Å². The Bertz CT molecular complexity index is 853. The number of rotatable bonds is 17. The molecule has 0 saturated carbocycles. The van der Waals surface area contributed by atoms with Gasteiger partial charge in [0.05, 0.1) is 18.7 Å². The summed E-state index contributed by atoms with van der Waals surface area (Å²) in [5, 5.41) is 5.28.